The maximum atomic E-state index is 5.77. The molecule has 1 saturated carbocycles. The minimum Gasteiger partial charge on any atom is -0.324 e. The summed E-state index contributed by atoms with van der Waals surface area (Å²) in [6, 6.07) is 0. The SMILES string of the molecule is CC(C)(C)n1c(CN)nnc1CC1CCCCC1. The van der Waals surface area contributed by atoms with Gasteiger partial charge < -0.3 is 10.3 Å². The largest absolute Gasteiger partial charge is 0.324 e. The quantitative estimate of drug-likeness (QED) is 0.897. The lowest BCUT2D eigenvalue weighted by Crippen LogP contribution is -2.28. The molecular formula is C14H26N4. The lowest BCUT2D eigenvalue weighted by atomic mass is 9.86. The van der Waals surface area contributed by atoms with E-state index in [1.165, 1.54) is 32.1 Å². The summed E-state index contributed by atoms with van der Waals surface area (Å²) in [4.78, 5) is 0. The van der Waals surface area contributed by atoms with E-state index in [-0.39, 0.29) is 5.54 Å². The molecule has 1 heterocycles. The average molecular weight is 250 g/mol. The molecule has 0 amide bonds. The van der Waals surface area contributed by atoms with Crippen LogP contribution < -0.4 is 5.73 Å². The Kier molecular flexibility index (Phi) is 4.05. The summed E-state index contributed by atoms with van der Waals surface area (Å²) >= 11 is 0. The van der Waals surface area contributed by atoms with Crippen molar-refractivity contribution in [3.05, 3.63) is 11.6 Å². The number of hydrogen-bond donors (Lipinski definition) is 1. The molecule has 0 unspecified atom stereocenters. The van der Waals surface area contributed by atoms with Crippen molar-refractivity contribution in [2.45, 2.75) is 71.4 Å². The third-order valence-corrected chi connectivity index (χ3v) is 3.85. The number of hydrogen-bond acceptors (Lipinski definition) is 3. The van der Waals surface area contributed by atoms with Crippen molar-refractivity contribution < 1.29 is 0 Å². The lowest BCUT2D eigenvalue weighted by molar-refractivity contribution is 0.322. The molecule has 0 saturated heterocycles. The molecule has 0 bridgehead atoms. The monoisotopic (exact) mass is 250 g/mol. The number of rotatable bonds is 3. The van der Waals surface area contributed by atoms with Crippen molar-refractivity contribution in [2.24, 2.45) is 11.7 Å². The van der Waals surface area contributed by atoms with Gasteiger partial charge in [-0.3, -0.25) is 0 Å². The summed E-state index contributed by atoms with van der Waals surface area (Å²) in [5.41, 5.74) is 5.79. The number of aromatic nitrogens is 3. The van der Waals surface area contributed by atoms with Crippen LogP contribution in [0.2, 0.25) is 0 Å². The Balaban J connectivity index is 2.19. The van der Waals surface area contributed by atoms with Crippen LogP contribution in [0.5, 0.6) is 0 Å². The van der Waals surface area contributed by atoms with Gasteiger partial charge in [-0.2, -0.15) is 0 Å². The van der Waals surface area contributed by atoms with Crippen molar-refractivity contribution in [3.63, 3.8) is 0 Å². The highest BCUT2D eigenvalue weighted by molar-refractivity contribution is 5.02. The third kappa shape index (κ3) is 2.91. The van der Waals surface area contributed by atoms with E-state index < -0.39 is 0 Å². The molecule has 4 nitrogen and oxygen atoms in total. The van der Waals surface area contributed by atoms with E-state index in [0.717, 1.165) is 24.0 Å². The van der Waals surface area contributed by atoms with E-state index in [1.807, 2.05) is 0 Å². The van der Waals surface area contributed by atoms with E-state index in [1.54, 1.807) is 0 Å². The second-order valence-electron chi connectivity index (χ2n) is 6.45. The molecule has 0 aliphatic heterocycles. The standard InChI is InChI=1S/C14H26N4/c1-14(2,3)18-12(16-17-13(18)10-15)9-11-7-5-4-6-8-11/h11H,4-10,15H2,1-3H3. The normalized spacial score (nSPS) is 18.2. The van der Waals surface area contributed by atoms with Crippen LogP contribution in [0.25, 0.3) is 0 Å². The topological polar surface area (TPSA) is 56.7 Å². The van der Waals surface area contributed by atoms with Gasteiger partial charge in [0.15, 0.2) is 0 Å². The van der Waals surface area contributed by atoms with E-state index in [9.17, 15) is 0 Å². The Morgan fingerprint density at radius 1 is 1.11 bits per heavy atom. The summed E-state index contributed by atoms with van der Waals surface area (Å²) in [5, 5.41) is 8.64. The molecule has 0 spiro atoms. The van der Waals surface area contributed by atoms with Gasteiger partial charge >= 0.3 is 0 Å². The van der Waals surface area contributed by atoms with Crippen molar-refractivity contribution >= 4 is 0 Å². The van der Waals surface area contributed by atoms with Crippen LogP contribution in [0.3, 0.4) is 0 Å². The summed E-state index contributed by atoms with van der Waals surface area (Å²) in [6.07, 6.45) is 7.89. The third-order valence-electron chi connectivity index (χ3n) is 3.85. The first kappa shape index (κ1) is 13.5. The molecular weight excluding hydrogens is 224 g/mol. The molecule has 2 N–H and O–H groups in total. The fourth-order valence-electron chi connectivity index (χ4n) is 3.04. The Morgan fingerprint density at radius 2 is 1.72 bits per heavy atom. The van der Waals surface area contributed by atoms with Crippen LogP contribution in [0.4, 0.5) is 0 Å². The molecule has 1 aliphatic carbocycles. The highest BCUT2D eigenvalue weighted by atomic mass is 15.3. The molecule has 1 aromatic heterocycles. The Morgan fingerprint density at radius 3 is 2.28 bits per heavy atom. The van der Waals surface area contributed by atoms with Crippen LogP contribution in [0.15, 0.2) is 0 Å². The maximum Gasteiger partial charge on any atom is 0.147 e. The molecule has 4 heteroatoms. The zero-order valence-corrected chi connectivity index (χ0v) is 11.9. The van der Waals surface area contributed by atoms with Crippen molar-refractivity contribution in [1.29, 1.82) is 0 Å². The zero-order chi connectivity index (χ0) is 13.2. The summed E-state index contributed by atoms with van der Waals surface area (Å²) in [6.45, 7) is 7.05. The van der Waals surface area contributed by atoms with Crippen LogP contribution in [-0.2, 0) is 18.5 Å². The average Bonchev–Trinajstić information content (AvgIpc) is 2.73. The van der Waals surface area contributed by atoms with E-state index in [4.69, 9.17) is 5.73 Å². The van der Waals surface area contributed by atoms with Crippen LogP contribution >= 0.6 is 0 Å². The van der Waals surface area contributed by atoms with Gasteiger partial charge in [-0.25, -0.2) is 0 Å². The van der Waals surface area contributed by atoms with Gasteiger partial charge in [-0.1, -0.05) is 32.1 Å². The van der Waals surface area contributed by atoms with Gasteiger partial charge in [0, 0.05) is 12.0 Å². The van der Waals surface area contributed by atoms with Crippen molar-refractivity contribution in [1.82, 2.24) is 14.8 Å². The van der Waals surface area contributed by atoms with Gasteiger partial charge in [0.25, 0.3) is 0 Å². The molecule has 2 rings (SSSR count). The first-order chi connectivity index (χ1) is 8.52. The van der Waals surface area contributed by atoms with E-state index in [0.29, 0.717) is 6.54 Å². The Hall–Kier alpha value is -0.900. The lowest BCUT2D eigenvalue weighted by Gasteiger charge is -2.27. The van der Waals surface area contributed by atoms with Crippen LogP contribution in [0, 0.1) is 5.92 Å². The molecule has 0 atom stereocenters. The van der Waals surface area contributed by atoms with Crippen LogP contribution in [0.1, 0.15) is 64.5 Å². The minimum atomic E-state index is 0.0161. The first-order valence-electron chi connectivity index (χ1n) is 7.16. The van der Waals surface area contributed by atoms with E-state index in [2.05, 4.69) is 35.5 Å². The predicted octanol–water partition coefficient (Wildman–Crippen LogP) is 2.61. The highest BCUT2D eigenvalue weighted by Gasteiger charge is 2.24. The molecule has 1 fully saturated rings. The zero-order valence-electron chi connectivity index (χ0n) is 11.9. The van der Waals surface area contributed by atoms with Crippen LogP contribution in [-0.4, -0.2) is 14.8 Å². The summed E-state index contributed by atoms with van der Waals surface area (Å²) in [7, 11) is 0. The number of nitrogens with two attached hydrogens (primary N) is 1. The van der Waals surface area contributed by atoms with Gasteiger partial charge in [0.1, 0.15) is 11.6 Å². The highest BCUT2D eigenvalue weighted by Crippen LogP contribution is 2.28. The van der Waals surface area contributed by atoms with Gasteiger partial charge in [-0.05, 0) is 26.7 Å². The smallest absolute Gasteiger partial charge is 0.147 e. The molecule has 1 aromatic rings. The number of nitrogens with zero attached hydrogens (tertiary/aromatic N) is 3. The maximum absolute atomic E-state index is 5.77. The fourth-order valence-corrected chi connectivity index (χ4v) is 3.04. The predicted molar refractivity (Wildman–Crippen MR) is 73.2 cm³/mol. The molecule has 1 aliphatic rings. The van der Waals surface area contributed by atoms with E-state index >= 15 is 0 Å². The molecule has 18 heavy (non-hydrogen) atoms. The first-order valence-corrected chi connectivity index (χ1v) is 7.16. The fraction of sp³-hybridized carbons (Fsp3) is 0.857. The summed E-state index contributed by atoms with van der Waals surface area (Å²) < 4.78 is 2.24. The molecule has 0 aromatic carbocycles. The molecule has 0 radical (unpaired) electrons. The van der Waals surface area contributed by atoms with Crippen molar-refractivity contribution in [2.75, 3.05) is 0 Å². The molecule has 102 valence electrons. The van der Waals surface area contributed by atoms with Gasteiger partial charge in [-0.15, -0.1) is 10.2 Å². The van der Waals surface area contributed by atoms with Gasteiger partial charge in [0.2, 0.25) is 0 Å². The Labute approximate surface area is 110 Å². The Bertz CT molecular complexity index is 383. The van der Waals surface area contributed by atoms with Gasteiger partial charge in [0.05, 0.1) is 6.54 Å². The second kappa shape index (κ2) is 5.39. The minimum absolute atomic E-state index is 0.0161. The second-order valence-corrected chi connectivity index (χ2v) is 6.45. The summed E-state index contributed by atoms with van der Waals surface area (Å²) in [5.74, 6) is 2.82. The van der Waals surface area contributed by atoms with Crippen molar-refractivity contribution in [3.8, 4) is 0 Å².